The molecule has 0 aliphatic heterocycles. The molecule has 3 aromatic rings. The molecule has 1 heterocycles. The topological polar surface area (TPSA) is 102 Å². The Morgan fingerprint density at radius 3 is 2.46 bits per heavy atom. The lowest BCUT2D eigenvalue weighted by atomic mass is 9.82. The summed E-state index contributed by atoms with van der Waals surface area (Å²) in [6.45, 7) is 0. The highest BCUT2D eigenvalue weighted by Crippen LogP contribution is 2.35. The molecule has 1 aromatic heterocycles. The molecule has 188 valence electrons. The van der Waals surface area contributed by atoms with E-state index in [0.717, 1.165) is 42.4 Å². The van der Waals surface area contributed by atoms with Crippen molar-refractivity contribution in [3.63, 3.8) is 0 Å². The van der Waals surface area contributed by atoms with Gasteiger partial charge >= 0.3 is 6.36 Å². The lowest BCUT2D eigenvalue weighted by molar-refractivity contribution is -0.275. The number of alkyl halides is 3. The standard InChI is InChI=1S/C24H26F3N5O2.ClH/c1-29-22-17-6-2-3-8-19(17)31-23(32-22)30-16-11-9-14(10-12-16)13-15-5-4-7-18(21(28)33)20(15)34-24(25,26)27;/h2-8,14,16H,9-13H2,1H3,(H2,28,33)(H2,29,30,31,32);1H. The highest BCUT2D eigenvalue weighted by atomic mass is 35.5. The number of benzene rings is 2. The lowest BCUT2D eigenvalue weighted by Crippen LogP contribution is -2.28. The van der Waals surface area contributed by atoms with Gasteiger partial charge in [0.05, 0.1) is 11.1 Å². The van der Waals surface area contributed by atoms with Crippen LogP contribution in [-0.4, -0.2) is 35.3 Å². The van der Waals surface area contributed by atoms with Gasteiger partial charge in [-0.1, -0.05) is 24.3 Å². The van der Waals surface area contributed by atoms with Crippen LogP contribution >= 0.6 is 12.4 Å². The summed E-state index contributed by atoms with van der Waals surface area (Å²) in [7, 11) is 1.81. The van der Waals surface area contributed by atoms with E-state index in [0.29, 0.717) is 17.9 Å². The molecule has 0 bridgehead atoms. The number of amides is 1. The summed E-state index contributed by atoms with van der Waals surface area (Å²) < 4.78 is 43.1. The van der Waals surface area contributed by atoms with Crippen molar-refractivity contribution in [2.45, 2.75) is 44.5 Å². The number of halogens is 4. The molecule has 1 saturated carbocycles. The molecule has 1 fully saturated rings. The predicted octanol–water partition coefficient (Wildman–Crippen LogP) is 5.30. The van der Waals surface area contributed by atoms with Gasteiger partial charge in [-0.3, -0.25) is 4.79 Å². The maximum absolute atomic E-state index is 13.0. The van der Waals surface area contributed by atoms with Gasteiger partial charge in [-0.25, -0.2) is 4.98 Å². The van der Waals surface area contributed by atoms with Gasteiger partial charge in [0.25, 0.3) is 5.91 Å². The average Bonchev–Trinajstić information content (AvgIpc) is 2.79. The Morgan fingerprint density at radius 2 is 1.80 bits per heavy atom. The van der Waals surface area contributed by atoms with E-state index < -0.39 is 18.0 Å². The van der Waals surface area contributed by atoms with Crippen LogP contribution in [0.5, 0.6) is 5.75 Å². The number of carbonyl (C=O) groups is 1. The molecule has 0 unspecified atom stereocenters. The van der Waals surface area contributed by atoms with Gasteiger partial charge in [-0.2, -0.15) is 4.98 Å². The molecule has 2 aromatic carbocycles. The Kier molecular flexibility index (Phi) is 8.26. The maximum Gasteiger partial charge on any atom is 0.573 e. The smallest absolute Gasteiger partial charge is 0.405 e. The Hall–Kier alpha value is -3.27. The van der Waals surface area contributed by atoms with E-state index in [9.17, 15) is 18.0 Å². The van der Waals surface area contributed by atoms with Crippen molar-refractivity contribution in [1.82, 2.24) is 9.97 Å². The summed E-state index contributed by atoms with van der Waals surface area (Å²) in [6.07, 6.45) is -1.29. The van der Waals surface area contributed by atoms with E-state index in [2.05, 4.69) is 25.3 Å². The zero-order valence-corrected chi connectivity index (χ0v) is 19.9. The molecule has 0 spiro atoms. The second-order valence-electron chi connectivity index (χ2n) is 8.43. The fraction of sp³-hybridized carbons (Fsp3) is 0.375. The lowest BCUT2D eigenvalue weighted by Gasteiger charge is -2.30. The Morgan fingerprint density at radius 1 is 1.09 bits per heavy atom. The quantitative estimate of drug-likeness (QED) is 0.399. The van der Waals surface area contributed by atoms with Crippen molar-refractivity contribution in [2.75, 3.05) is 17.7 Å². The highest BCUT2D eigenvalue weighted by Gasteiger charge is 2.34. The number of hydrogen-bond donors (Lipinski definition) is 3. The molecule has 4 N–H and O–H groups in total. The van der Waals surface area contributed by atoms with Crippen LogP contribution in [-0.2, 0) is 6.42 Å². The van der Waals surface area contributed by atoms with Gasteiger partial charge in [-0.05, 0) is 61.8 Å². The largest absolute Gasteiger partial charge is 0.573 e. The molecular weight excluding hydrogens is 483 g/mol. The number of para-hydroxylation sites is 2. The predicted molar refractivity (Wildman–Crippen MR) is 131 cm³/mol. The second-order valence-corrected chi connectivity index (χ2v) is 8.43. The molecule has 1 amide bonds. The van der Waals surface area contributed by atoms with Crippen molar-refractivity contribution in [3.8, 4) is 5.75 Å². The van der Waals surface area contributed by atoms with Crippen LogP contribution in [0.1, 0.15) is 41.6 Å². The molecular formula is C24H27ClF3N5O2. The molecule has 0 atom stereocenters. The number of primary amides is 1. The van der Waals surface area contributed by atoms with Gasteiger partial charge < -0.3 is 21.1 Å². The molecule has 4 rings (SSSR count). The number of nitrogens with zero attached hydrogens (tertiary/aromatic N) is 2. The number of anilines is 2. The molecule has 7 nitrogen and oxygen atoms in total. The Bertz CT molecular complexity index is 1180. The first-order valence-corrected chi connectivity index (χ1v) is 11.1. The number of nitrogens with two attached hydrogens (primary N) is 1. The number of fused-ring (bicyclic) bond motifs is 1. The second kappa shape index (κ2) is 11.0. The number of carbonyl (C=O) groups excluding carboxylic acids is 1. The number of nitrogens with one attached hydrogen (secondary N) is 2. The van der Waals surface area contributed by atoms with Gasteiger partial charge in [0.15, 0.2) is 0 Å². The summed E-state index contributed by atoms with van der Waals surface area (Å²) in [5, 5.41) is 7.44. The van der Waals surface area contributed by atoms with E-state index in [1.54, 1.807) is 6.07 Å². The number of rotatable bonds is 7. The van der Waals surface area contributed by atoms with Crippen LogP contribution in [0, 0.1) is 5.92 Å². The zero-order chi connectivity index (χ0) is 24.3. The summed E-state index contributed by atoms with van der Waals surface area (Å²) in [6, 6.07) is 12.2. The van der Waals surface area contributed by atoms with E-state index in [4.69, 9.17) is 5.73 Å². The van der Waals surface area contributed by atoms with Crippen molar-refractivity contribution in [3.05, 3.63) is 53.6 Å². The third kappa shape index (κ3) is 6.45. The molecule has 1 aliphatic carbocycles. The Labute approximate surface area is 207 Å². The monoisotopic (exact) mass is 509 g/mol. The van der Waals surface area contributed by atoms with E-state index in [1.807, 2.05) is 31.3 Å². The van der Waals surface area contributed by atoms with Crippen molar-refractivity contribution in [1.29, 1.82) is 0 Å². The average molecular weight is 510 g/mol. The molecule has 0 saturated heterocycles. The Balaban J connectivity index is 0.00000342. The highest BCUT2D eigenvalue weighted by molar-refractivity contribution is 5.96. The fourth-order valence-corrected chi connectivity index (χ4v) is 4.51. The summed E-state index contributed by atoms with van der Waals surface area (Å²) in [4.78, 5) is 20.8. The van der Waals surface area contributed by atoms with Crippen LogP contribution < -0.4 is 21.1 Å². The van der Waals surface area contributed by atoms with E-state index >= 15 is 0 Å². The van der Waals surface area contributed by atoms with Gasteiger partial charge in [-0.15, -0.1) is 25.6 Å². The third-order valence-electron chi connectivity index (χ3n) is 6.11. The first-order valence-electron chi connectivity index (χ1n) is 11.1. The van der Waals surface area contributed by atoms with Crippen LogP contribution in [0.3, 0.4) is 0 Å². The minimum absolute atomic E-state index is 0. The summed E-state index contributed by atoms with van der Waals surface area (Å²) in [5.74, 6) is -0.00535. The summed E-state index contributed by atoms with van der Waals surface area (Å²) in [5.41, 5.74) is 6.18. The van der Waals surface area contributed by atoms with E-state index in [-0.39, 0.29) is 29.9 Å². The number of hydrogen-bond acceptors (Lipinski definition) is 6. The van der Waals surface area contributed by atoms with Crippen LogP contribution in [0.2, 0.25) is 0 Å². The normalized spacial score (nSPS) is 17.9. The SMILES string of the molecule is CNc1nc(NC2CCC(Cc3cccc(C(N)=O)c3OC(F)(F)F)CC2)nc2ccccc12.Cl. The fourth-order valence-electron chi connectivity index (χ4n) is 4.51. The third-order valence-corrected chi connectivity index (χ3v) is 6.11. The van der Waals surface area contributed by atoms with E-state index in [1.165, 1.54) is 12.1 Å². The van der Waals surface area contributed by atoms with Crippen molar-refractivity contribution >= 4 is 41.0 Å². The maximum atomic E-state index is 13.0. The first-order chi connectivity index (χ1) is 16.2. The van der Waals surface area contributed by atoms with Crippen molar-refractivity contribution < 1.29 is 22.7 Å². The number of ether oxygens (including phenoxy) is 1. The minimum atomic E-state index is -4.91. The number of aromatic nitrogens is 2. The van der Waals surface area contributed by atoms with Crippen molar-refractivity contribution in [2.24, 2.45) is 11.7 Å². The van der Waals surface area contributed by atoms with Crippen LogP contribution in [0.25, 0.3) is 10.9 Å². The molecule has 35 heavy (non-hydrogen) atoms. The molecule has 11 heteroatoms. The van der Waals surface area contributed by atoms with Gasteiger partial charge in [0.1, 0.15) is 11.6 Å². The minimum Gasteiger partial charge on any atom is -0.405 e. The first kappa shape index (κ1) is 26.3. The van der Waals surface area contributed by atoms with Gasteiger partial charge in [0.2, 0.25) is 5.95 Å². The van der Waals surface area contributed by atoms with Gasteiger partial charge in [0, 0.05) is 18.5 Å². The van der Waals surface area contributed by atoms with Crippen LogP contribution in [0.4, 0.5) is 24.9 Å². The van der Waals surface area contributed by atoms with Crippen LogP contribution in [0.15, 0.2) is 42.5 Å². The molecule has 1 aliphatic rings. The molecule has 0 radical (unpaired) electrons. The zero-order valence-electron chi connectivity index (χ0n) is 19.1. The summed E-state index contributed by atoms with van der Waals surface area (Å²) >= 11 is 0.